The molecule has 0 aliphatic heterocycles. The number of aryl methyl sites for hydroxylation is 2. The van der Waals surface area contributed by atoms with Crippen LogP contribution in [0.4, 0.5) is 0 Å². The third-order valence-electron chi connectivity index (χ3n) is 2.93. The molecule has 0 spiro atoms. The Bertz CT molecular complexity index is 712. The maximum atomic E-state index is 12.1. The van der Waals surface area contributed by atoms with Crippen molar-refractivity contribution in [3.05, 3.63) is 48.9 Å². The lowest BCUT2D eigenvalue weighted by molar-refractivity contribution is 0.430. The van der Waals surface area contributed by atoms with E-state index in [1.165, 1.54) is 6.07 Å². The predicted octanol–water partition coefficient (Wildman–Crippen LogP) is 4.84. The highest BCUT2D eigenvalue weighted by atomic mass is 35.5. The molecule has 1 aromatic carbocycles. The summed E-state index contributed by atoms with van der Waals surface area (Å²) in [5.74, 6) is -0.0901. The van der Waals surface area contributed by atoms with Crippen LogP contribution in [-0.4, -0.2) is 5.11 Å². The lowest BCUT2D eigenvalue weighted by Gasteiger charge is -2.12. The fraction of sp³-hybridized carbons (Fsp3) is 0.214. The Morgan fingerprint density at radius 2 is 1.85 bits per heavy atom. The van der Waals surface area contributed by atoms with Crippen LogP contribution >= 0.6 is 34.8 Å². The largest absolute Gasteiger partial charge is 0.505 e. The normalized spacial score (nSPS) is 10.8. The lowest BCUT2D eigenvalue weighted by atomic mass is 10.0. The van der Waals surface area contributed by atoms with Gasteiger partial charge in [0.2, 0.25) is 0 Å². The summed E-state index contributed by atoms with van der Waals surface area (Å²) < 4.78 is 5.12. The van der Waals surface area contributed by atoms with E-state index in [4.69, 9.17) is 39.2 Å². The first kappa shape index (κ1) is 15.2. The summed E-state index contributed by atoms with van der Waals surface area (Å²) in [7, 11) is 0. The molecule has 0 bridgehead atoms. The van der Waals surface area contributed by atoms with Crippen LogP contribution in [0.15, 0.2) is 21.3 Å². The van der Waals surface area contributed by atoms with Crippen molar-refractivity contribution < 1.29 is 9.52 Å². The standard InChI is InChI=1S/C14H11Cl3O3/c1-3-9-12(17)13(18)11(14(19)20-9)10-6(2)4-7(15)5-8(10)16/h4-5,18H,3H2,1-2H3. The van der Waals surface area contributed by atoms with Crippen molar-refractivity contribution >= 4 is 34.8 Å². The van der Waals surface area contributed by atoms with E-state index in [1.54, 1.807) is 19.9 Å². The molecule has 0 fully saturated rings. The summed E-state index contributed by atoms with van der Waals surface area (Å²) in [5.41, 5.74) is 0.278. The van der Waals surface area contributed by atoms with Gasteiger partial charge < -0.3 is 9.52 Å². The SMILES string of the molecule is CCc1oc(=O)c(-c2c(C)cc(Cl)cc2Cl)c(O)c1Cl. The molecule has 1 N–H and O–H groups in total. The first-order valence-corrected chi connectivity index (χ1v) is 7.00. The third kappa shape index (κ3) is 2.53. The molecule has 0 saturated heterocycles. The second-order valence-corrected chi connectivity index (χ2v) is 5.50. The number of rotatable bonds is 2. The average molecular weight is 334 g/mol. The van der Waals surface area contributed by atoms with Crippen molar-refractivity contribution in [2.24, 2.45) is 0 Å². The number of hydrogen-bond acceptors (Lipinski definition) is 3. The third-order valence-corrected chi connectivity index (χ3v) is 3.84. The molecule has 2 aromatic rings. The molecule has 0 atom stereocenters. The van der Waals surface area contributed by atoms with E-state index in [0.29, 0.717) is 22.6 Å². The summed E-state index contributed by atoms with van der Waals surface area (Å²) >= 11 is 18.0. The van der Waals surface area contributed by atoms with Crippen LogP contribution in [0.25, 0.3) is 11.1 Å². The van der Waals surface area contributed by atoms with Crippen LogP contribution in [0.5, 0.6) is 5.75 Å². The van der Waals surface area contributed by atoms with Crippen LogP contribution < -0.4 is 5.63 Å². The number of aromatic hydroxyl groups is 1. The second-order valence-electron chi connectivity index (χ2n) is 4.28. The zero-order valence-electron chi connectivity index (χ0n) is 10.8. The molecule has 106 valence electrons. The first-order chi connectivity index (χ1) is 9.36. The summed E-state index contributed by atoms with van der Waals surface area (Å²) in [5, 5.41) is 10.9. The maximum Gasteiger partial charge on any atom is 0.347 e. The van der Waals surface area contributed by atoms with Gasteiger partial charge in [-0.1, -0.05) is 41.7 Å². The highest BCUT2D eigenvalue weighted by Gasteiger charge is 2.22. The minimum absolute atomic E-state index is 0.0208. The van der Waals surface area contributed by atoms with Crippen LogP contribution in [0.3, 0.4) is 0 Å². The zero-order chi connectivity index (χ0) is 15.0. The van der Waals surface area contributed by atoms with Crippen LogP contribution in [0.1, 0.15) is 18.2 Å². The van der Waals surface area contributed by atoms with Crippen molar-refractivity contribution in [1.29, 1.82) is 0 Å². The molecule has 3 nitrogen and oxygen atoms in total. The highest BCUT2D eigenvalue weighted by molar-refractivity contribution is 6.37. The molecule has 1 aromatic heterocycles. The van der Waals surface area contributed by atoms with Gasteiger partial charge in [-0.2, -0.15) is 0 Å². The second kappa shape index (κ2) is 5.68. The Hall–Kier alpha value is -1.16. The van der Waals surface area contributed by atoms with Gasteiger partial charge in [-0.15, -0.1) is 0 Å². The van der Waals surface area contributed by atoms with Gasteiger partial charge >= 0.3 is 5.63 Å². The number of halogens is 3. The monoisotopic (exact) mass is 332 g/mol. The fourth-order valence-corrected chi connectivity index (χ4v) is 2.97. The van der Waals surface area contributed by atoms with Crippen LogP contribution in [-0.2, 0) is 6.42 Å². The molecule has 20 heavy (non-hydrogen) atoms. The van der Waals surface area contributed by atoms with Gasteiger partial charge in [-0.3, -0.25) is 0 Å². The van der Waals surface area contributed by atoms with Gasteiger partial charge in [0.15, 0.2) is 5.75 Å². The van der Waals surface area contributed by atoms with E-state index in [0.717, 1.165) is 0 Å². The lowest BCUT2D eigenvalue weighted by Crippen LogP contribution is -2.07. The molecule has 6 heteroatoms. The molecule has 0 unspecified atom stereocenters. The Labute approximate surface area is 130 Å². The van der Waals surface area contributed by atoms with Crippen molar-refractivity contribution in [3.8, 4) is 16.9 Å². The number of hydrogen-bond donors (Lipinski definition) is 1. The van der Waals surface area contributed by atoms with Crippen LogP contribution in [0.2, 0.25) is 15.1 Å². The van der Waals surface area contributed by atoms with E-state index < -0.39 is 5.63 Å². The summed E-state index contributed by atoms with van der Waals surface area (Å²) in [6.07, 6.45) is 0.398. The molecule has 0 amide bonds. The average Bonchev–Trinajstić information content (AvgIpc) is 2.36. The van der Waals surface area contributed by atoms with E-state index >= 15 is 0 Å². The summed E-state index contributed by atoms with van der Waals surface area (Å²) in [4.78, 5) is 12.1. The van der Waals surface area contributed by atoms with Gasteiger partial charge in [-0.25, -0.2) is 4.79 Å². The maximum absolute atomic E-state index is 12.1. The minimum atomic E-state index is -0.684. The summed E-state index contributed by atoms with van der Waals surface area (Å²) in [6, 6.07) is 3.13. The van der Waals surface area contributed by atoms with Crippen molar-refractivity contribution in [3.63, 3.8) is 0 Å². The van der Waals surface area contributed by atoms with Crippen molar-refractivity contribution in [1.82, 2.24) is 0 Å². The van der Waals surface area contributed by atoms with Gasteiger partial charge in [0.1, 0.15) is 16.3 Å². The van der Waals surface area contributed by atoms with Gasteiger partial charge in [0, 0.05) is 17.0 Å². The Morgan fingerprint density at radius 3 is 2.40 bits per heavy atom. The smallest absolute Gasteiger partial charge is 0.347 e. The molecular weight excluding hydrogens is 323 g/mol. The molecule has 0 radical (unpaired) electrons. The predicted molar refractivity (Wildman–Crippen MR) is 81.2 cm³/mol. The first-order valence-electron chi connectivity index (χ1n) is 5.87. The van der Waals surface area contributed by atoms with E-state index in [2.05, 4.69) is 0 Å². The zero-order valence-corrected chi connectivity index (χ0v) is 13.0. The Balaban J connectivity index is 2.85. The number of benzene rings is 1. The van der Waals surface area contributed by atoms with E-state index in [-0.39, 0.29) is 27.1 Å². The quantitative estimate of drug-likeness (QED) is 0.855. The van der Waals surface area contributed by atoms with Crippen molar-refractivity contribution in [2.75, 3.05) is 0 Å². The molecule has 0 saturated carbocycles. The highest BCUT2D eigenvalue weighted by Crippen LogP contribution is 2.40. The Morgan fingerprint density at radius 1 is 1.20 bits per heavy atom. The van der Waals surface area contributed by atoms with Crippen LogP contribution in [0, 0.1) is 6.92 Å². The van der Waals surface area contributed by atoms with Gasteiger partial charge in [0.25, 0.3) is 0 Å². The van der Waals surface area contributed by atoms with Crippen molar-refractivity contribution in [2.45, 2.75) is 20.3 Å². The molecule has 0 aliphatic carbocycles. The van der Waals surface area contributed by atoms with E-state index in [9.17, 15) is 9.90 Å². The molecule has 2 rings (SSSR count). The molecular formula is C14H11Cl3O3. The fourth-order valence-electron chi connectivity index (χ4n) is 2.01. The summed E-state index contributed by atoms with van der Waals surface area (Å²) in [6.45, 7) is 3.50. The molecule has 1 heterocycles. The van der Waals surface area contributed by atoms with E-state index in [1.807, 2.05) is 0 Å². The van der Waals surface area contributed by atoms with Gasteiger partial charge in [0.05, 0.1) is 5.02 Å². The molecule has 0 aliphatic rings. The van der Waals surface area contributed by atoms with Gasteiger partial charge in [-0.05, 0) is 24.6 Å². The minimum Gasteiger partial charge on any atom is -0.505 e. The topological polar surface area (TPSA) is 50.4 Å². The Kier molecular flexibility index (Phi) is 4.33.